The second-order valence-corrected chi connectivity index (χ2v) is 7.33. The molecule has 0 unspecified atom stereocenters. The Labute approximate surface area is 165 Å². The van der Waals surface area contributed by atoms with E-state index in [-0.39, 0.29) is 5.91 Å². The number of aromatic nitrogens is 1. The summed E-state index contributed by atoms with van der Waals surface area (Å²) in [5.41, 5.74) is 4.88. The average Bonchev–Trinajstić information content (AvgIpc) is 3.17. The molecule has 1 fully saturated rings. The molecule has 2 aromatic carbocycles. The average molecular weight is 377 g/mol. The lowest BCUT2D eigenvalue weighted by atomic mass is 9.89. The molecule has 1 aliphatic heterocycles. The molecule has 2 heterocycles. The number of ether oxygens (including phenoxy) is 1. The van der Waals surface area contributed by atoms with Gasteiger partial charge in [-0.25, -0.2) is 0 Å². The molecule has 146 valence electrons. The molecule has 1 amide bonds. The van der Waals surface area contributed by atoms with Gasteiger partial charge in [0.25, 0.3) is 5.91 Å². The maximum Gasteiger partial charge on any atom is 0.255 e. The Kier molecular flexibility index (Phi) is 5.35. The number of carbonyl (C=O) groups excluding carboxylic acids is 1. The minimum absolute atomic E-state index is 0.112. The van der Waals surface area contributed by atoms with Gasteiger partial charge in [0, 0.05) is 22.7 Å². The molecular weight excluding hydrogens is 350 g/mol. The molecular formula is C23H27N3O2. The predicted molar refractivity (Wildman–Crippen MR) is 113 cm³/mol. The topological polar surface area (TPSA) is 66.1 Å². The van der Waals surface area contributed by atoms with Crippen LogP contribution in [0.1, 0.15) is 47.2 Å². The number of hydrogen-bond donors (Lipinski definition) is 3. The monoisotopic (exact) mass is 377 g/mol. The molecule has 1 saturated heterocycles. The Bertz CT molecular complexity index is 964. The summed E-state index contributed by atoms with van der Waals surface area (Å²) in [6, 6.07) is 11.7. The molecule has 1 aromatic heterocycles. The van der Waals surface area contributed by atoms with E-state index in [1.807, 2.05) is 36.4 Å². The molecule has 5 nitrogen and oxygen atoms in total. The second kappa shape index (κ2) is 8.07. The Balaban J connectivity index is 1.65. The Hall–Kier alpha value is -2.79. The molecule has 0 atom stereocenters. The molecule has 1 aliphatic rings. The molecule has 0 spiro atoms. The van der Waals surface area contributed by atoms with Gasteiger partial charge in [-0.15, -0.1) is 0 Å². The van der Waals surface area contributed by atoms with E-state index in [0.717, 1.165) is 54.5 Å². The predicted octanol–water partition coefficient (Wildman–Crippen LogP) is 4.46. The van der Waals surface area contributed by atoms with Crippen LogP contribution in [-0.2, 0) is 6.42 Å². The minimum Gasteiger partial charge on any atom is -0.495 e. The third kappa shape index (κ3) is 3.50. The number of aromatic amines is 1. The quantitative estimate of drug-likeness (QED) is 0.615. The van der Waals surface area contributed by atoms with Crippen molar-refractivity contribution in [1.29, 1.82) is 0 Å². The standard InChI is InChI=1S/C23H27N3O2/c1-3-15-5-4-6-21(28-2)22(15)26-23(27)17-7-8-20-18(13-17)19(14-25-20)16-9-11-24-12-10-16/h4-8,13-14,16,24-25H,3,9-12H2,1-2H3,(H,26,27). The number of carbonyl (C=O) groups is 1. The smallest absolute Gasteiger partial charge is 0.255 e. The first kappa shape index (κ1) is 18.6. The number of nitrogens with one attached hydrogen (secondary N) is 3. The van der Waals surface area contributed by atoms with Gasteiger partial charge in [0.15, 0.2) is 0 Å². The fraction of sp³-hybridized carbons (Fsp3) is 0.348. The van der Waals surface area contributed by atoms with Gasteiger partial charge in [-0.3, -0.25) is 4.79 Å². The Morgan fingerprint density at radius 2 is 2.04 bits per heavy atom. The van der Waals surface area contributed by atoms with Crippen LogP contribution in [0, 0.1) is 0 Å². The van der Waals surface area contributed by atoms with E-state index in [0.29, 0.717) is 17.2 Å². The molecule has 0 saturated carbocycles. The number of hydrogen-bond acceptors (Lipinski definition) is 3. The SMILES string of the molecule is CCc1cccc(OC)c1NC(=O)c1ccc2[nH]cc(C3CCNCC3)c2c1. The zero-order valence-corrected chi connectivity index (χ0v) is 16.5. The molecule has 0 bridgehead atoms. The maximum absolute atomic E-state index is 13.0. The van der Waals surface area contributed by atoms with Gasteiger partial charge in [0.05, 0.1) is 12.8 Å². The van der Waals surface area contributed by atoms with E-state index in [2.05, 4.69) is 28.7 Å². The summed E-state index contributed by atoms with van der Waals surface area (Å²) in [6.07, 6.45) is 5.19. The number of rotatable bonds is 5. The molecule has 3 aromatic rings. The third-order valence-electron chi connectivity index (χ3n) is 5.71. The third-order valence-corrected chi connectivity index (χ3v) is 5.71. The largest absolute Gasteiger partial charge is 0.495 e. The number of benzene rings is 2. The lowest BCUT2D eigenvalue weighted by Gasteiger charge is -2.22. The summed E-state index contributed by atoms with van der Waals surface area (Å²) in [5.74, 6) is 1.11. The molecule has 0 aliphatic carbocycles. The van der Waals surface area contributed by atoms with Gasteiger partial charge in [-0.2, -0.15) is 0 Å². The molecule has 0 radical (unpaired) electrons. The van der Waals surface area contributed by atoms with E-state index < -0.39 is 0 Å². The van der Waals surface area contributed by atoms with Crippen LogP contribution in [0.3, 0.4) is 0 Å². The molecule has 3 N–H and O–H groups in total. The lowest BCUT2D eigenvalue weighted by molar-refractivity contribution is 0.102. The summed E-state index contributed by atoms with van der Waals surface area (Å²) >= 11 is 0. The molecule has 4 rings (SSSR count). The fourth-order valence-corrected chi connectivity index (χ4v) is 4.12. The van der Waals surface area contributed by atoms with Gasteiger partial charge in [0.2, 0.25) is 0 Å². The number of methoxy groups -OCH3 is 1. The number of anilines is 1. The van der Waals surface area contributed by atoms with Crippen LogP contribution in [-0.4, -0.2) is 31.1 Å². The van der Waals surface area contributed by atoms with E-state index in [4.69, 9.17) is 4.74 Å². The van der Waals surface area contributed by atoms with Crippen LogP contribution < -0.4 is 15.4 Å². The van der Waals surface area contributed by atoms with E-state index >= 15 is 0 Å². The fourth-order valence-electron chi connectivity index (χ4n) is 4.12. The molecule has 5 heteroatoms. The summed E-state index contributed by atoms with van der Waals surface area (Å²) < 4.78 is 5.46. The first-order chi connectivity index (χ1) is 13.7. The maximum atomic E-state index is 13.0. The van der Waals surface area contributed by atoms with Gasteiger partial charge in [-0.1, -0.05) is 19.1 Å². The van der Waals surface area contributed by atoms with Crippen molar-refractivity contribution < 1.29 is 9.53 Å². The zero-order valence-electron chi connectivity index (χ0n) is 16.5. The highest BCUT2D eigenvalue weighted by atomic mass is 16.5. The van der Waals surface area contributed by atoms with E-state index in [9.17, 15) is 4.79 Å². The van der Waals surface area contributed by atoms with Crippen LogP contribution in [0.15, 0.2) is 42.6 Å². The lowest BCUT2D eigenvalue weighted by Crippen LogP contribution is -2.26. The second-order valence-electron chi connectivity index (χ2n) is 7.33. The van der Waals surface area contributed by atoms with E-state index in [1.54, 1.807) is 7.11 Å². The van der Waals surface area contributed by atoms with Crippen LogP contribution >= 0.6 is 0 Å². The van der Waals surface area contributed by atoms with Gasteiger partial charge >= 0.3 is 0 Å². The van der Waals surface area contributed by atoms with Crippen molar-refractivity contribution >= 4 is 22.5 Å². The summed E-state index contributed by atoms with van der Waals surface area (Å²) in [6.45, 7) is 4.16. The van der Waals surface area contributed by atoms with E-state index in [1.165, 1.54) is 5.56 Å². The zero-order chi connectivity index (χ0) is 19.5. The number of fused-ring (bicyclic) bond motifs is 1. The highest BCUT2D eigenvalue weighted by Crippen LogP contribution is 2.33. The van der Waals surface area contributed by atoms with Crippen molar-refractivity contribution in [3.63, 3.8) is 0 Å². The van der Waals surface area contributed by atoms with Gasteiger partial charge in [0.1, 0.15) is 5.75 Å². The van der Waals surface area contributed by atoms with Crippen molar-refractivity contribution in [1.82, 2.24) is 10.3 Å². The normalized spacial score (nSPS) is 14.9. The summed E-state index contributed by atoms with van der Waals surface area (Å²) in [4.78, 5) is 16.4. The number of aryl methyl sites for hydroxylation is 1. The first-order valence-corrected chi connectivity index (χ1v) is 10.00. The number of para-hydroxylation sites is 1. The van der Waals surface area contributed by atoms with Crippen molar-refractivity contribution in [2.24, 2.45) is 0 Å². The van der Waals surface area contributed by atoms with Crippen LogP contribution in [0.2, 0.25) is 0 Å². The van der Waals surface area contributed by atoms with Crippen molar-refractivity contribution in [3.05, 3.63) is 59.3 Å². The van der Waals surface area contributed by atoms with Crippen molar-refractivity contribution in [2.75, 3.05) is 25.5 Å². The van der Waals surface area contributed by atoms with Crippen LogP contribution in [0.25, 0.3) is 10.9 Å². The Morgan fingerprint density at radius 3 is 2.79 bits per heavy atom. The Morgan fingerprint density at radius 1 is 1.21 bits per heavy atom. The minimum atomic E-state index is -0.112. The van der Waals surface area contributed by atoms with Gasteiger partial charge < -0.3 is 20.4 Å². The van der Waals surface area contributed by atoms with Crippen LogP contribution in [0.4, 0.5) is 5.69 Å². The van der Waals surface area contributed by atoms with Gasteiger partial charge in [-0.05, 0) is 73.7 Å². The molecule has 28 heavy (non-hydrogen) atoms. The number of amides is 1. The highest BCUT2D eigenvalue weighted by Gasteiger charge is 2.20. The number of piperidine rings is 1. The summed E-state index contributed by atoms with van der Waals surface area (Å²) in [7, 11) is 1.63. The van der Waals surface area contributed by atoms with Crippen LogP contribution in [0.5, 0.6) is 5.75 Å². The number of H-pyrrole nitrogens is 1. The van der Waals surface area contributed by atoms with Crippen molar-refractivity contribution in [3.8, 4) is 5.75 Å². The van der Waals surface area contributed by atoms with Crippen molar-refractivity contribution in [2.45, 2.75) is 32.1 Å². The summed E-state index contributed by atoms with van der Waals surface area (Å²) in [5, 5.41) is 7.63. The first-order valence-electron chi connectivity index (χ1n) is 10.00. The highest BCUT2D eigenvalue weighted by molar-refractivity contribution is 6.07.